The number of anilines is 1. The lowest BCUT2D eigenvalue weighted by Crippen LogP contribution is -2.23. The van der Waals surface area contributed by atoms with E-state index in [1.807, 2.05) is 29.6 Å². The highest BCUT2D eigenvalue weighted by Crippen LogP contribution is 2.14. The van der Waals surface area contributed by atoms with Crippen LogP contribution in [-0.2, 0) is 6.42 Å². The van der Waals surface area contributed by atoms with Crippen LogP contribution in [0.5, 0.6) is 0 Å². The number of thiophene rings is 1. The van der Waals surface area contributed by atoms with Crippen molar-refractivity contribution in [1.29, 1.82) is 5.41 Å². The Kier molecular flexibility index (Phi) is 6.28. The number of thiocarbonyl (C=S) groups is 1. The second-order valence-electron chi connectivity index (χ2n) is 5.85. The molecule has 1 aliphatic rings. The van der Waals surface area contributed by atoms with Gasteiger partial charge in [-0.15, -0.1) is 11.3 Å². The zero-order chi connectivity index (χ0) is 17.5. The van der Waals surface area contributed by atoms with Crippen LogP contribution in [0.15, 0.2) is 65.6 Å². The van der Waals surface area contributed by atoms with Crippen LogP contribution in [0.3, 0.4) is 0 Å². The van der Waals surface area contributed by atoms with E-state index in [0.29, 0.717) is 5.84 Å². The Bertz CT molecular complexity index is 787. The Morgan fingerprint density at radius 3 is 2.76 bits per heavy atom. The number of nitrogens with one attached hydrogen (secondary N) is 3. The second-order valence-corrected chi connectivity index (χ2v) is 7.29. The van der Waals surface area contributed by atoms with Gasteiger partial charge >= 0.3 is 0 Å². The van der Waals surface area contributed by atoms with Crippen molar-refractivity contribution < 1.29 is 0 Å². The smallest absolute Gasteiger partial charge is 0.140 e. The highest BCUT2D eigenvalue weighted by Gasteiger charge is 2.06. The van der Waals surface area contributed by atoms with Crippen LogP contribution in [0.1, 0.15) is 16.9 Å². The van der Waals surface area contributed by atoms with Gasteiger partial charge in [0.05, 0.1) is 4.88 Å². The normalized spacial score (nSPS) is 13.6. The van der Waals surface area contributed by atoms with E-state index < -0.39 is 0 Å². The minimum atomic E-state index is 0.440. The molecule has 0 saturated carbocycles. The molecule has 0 saturated heterocycles. The van der Waals surface area contributed by atoms with Crippen molar-refractivity contribution in [1.82, 2.24) is 5.32 Å². The molecule has 25 heavy (non-hydrogen) atoms. The maximum Gasteiger partial charge on any atom is 0.140 e. The number of benzene rings is 1. The first-order chi connectivity index (χ1) is 12.2. The summed E-state index contributed by atoms with van der Waals surface area (Å²) < 4.78 is 0. The van der Waals surface area contributed by atoms with Gasteiger partial charge in [0.2, 0.25) is 0 Å². The third kappa shape index (κ3) is 5.19. The van der Waals surface area contributed by atoms with Crippen molar-refractivity contribution >= 4 is 39.9 Å². The van der Waals surface area contributed by atoms with Gasteiger partial charge in [-0.2, -0.15) is 0 Å². The van der Waals surface area contributed by atoms with Crippen LogP contribution in [0.2, 0.25) is 0 Å². The lowest BCUT2D eigenvalue weighted by molar-refractivity contribution is 0.737. The van der Waals surface area contributed by atoms with Crippen molar-refractivity contribution in [3.05, 3.63) is 76.0 Å². The summed E-state index contributed by atoms with van der Waals surface area (Å²) in [7, 11) is 0. The van der Waals surface area contributed by atoms with Gasteiger partial charge in [-0.3, -0.25) is 5.41 Å². The topological polar surface area (TPSA) is 47.9 Å². The summed E-state index contributed by atoms with van der Waals surface area (Å²) in [5.41, 5.74) is 3.45. The minimum absolute atomic E-state index is 0.440. The zero-order valence-corrected chi connectivity index (χ0v) is 15.6. The minimum Gasteiger partial charge on any atom is -0.340 e. The van der Waals surface area contributed by atoms with E-state index in [1.54, 1.807) is 11.3 Å². The molecular formula is C20H21N3S2. The van der Waals surface area contributed by atoms with Crippen molar-refractivity contribution in [3.8, 4) is 0 Å². The van der Waals surface area contributed by atoms with Crippen LogP contribution in [-0.4, -0.2) is 23.8 Å². The van der Waals surface area contributed by atoms with Crippen LogP contribution < -0.4 is 10.6 Å². The van der Waals surface area contributed by atoms with Crippen LogP contribution in [0.4, 0.5) is 5.69 Å². The molecule has 1 aromatic carbocycles. The molecule has 1 heterocycles. The van der Waals surface area contributed by atoms with E-state index in [0.717, 1.165) is 41.4 Å². The summed E-state index contributed by atoms with van der Waals surface area (Å²) in [4.78, 5) is 1.98. The monoisotopic (exact) mass is 367 g/mol. The molecule has 0 atom stereocenters. The predicted molar refractivity (Wildman–Crippen MR) is 112 cm³/mol. The van der Waals surface area contributed by atoms with Crippen LogP contribution in [0.25, 0.3) is 0 Å². The van der Waals surface area contributed by atoms with Gasteiger partial charge in [0, 0.05) is 23.5 Å². The SMILES string of the molecule is N=C(Nc1ccc(CCNCC2=CC=CCC2=S)cc1)c1cccs1. The molecule has 0 radical (unpaired) electrons. The molecule has 1 aliphatic carbocycles. The molecule has 0 fully saturated rings. The molecule has 1 aromatic heterocycles. The fraction of sp³-hybridized carbons (Fsp3) is 0.200. The van der Waals surface area contributed by atoms with Crippen molar-refractivity contribution in [2.45, 2.75) is 12.8 Å². The number of hydrogen-bond acceptors (Lipinski definition) is 4. The predicted octanol–water partition coefficient (Wildman–Crippen LogP) is 4.57. The highest BCUT2D eigenvalue weighted by atomic mass is 32.1. The highest BCUT2D eigenvalue weighted by molar-refractivity contribution is 7.80. The molecule has 3 N–H and O–H groups in total. The third-order valence-corrected chi connectivity index (χ3v) is 5.31. The Morgan fingerprint density at radius 2 is 2.04 bits per heavy atom. The van der Waals surface area contributed by atoms with Gasteiger partial charge in [-0.1, -0.05) is 48.6 Å². The molecule has 128 valence electrons. The van der Waals surface area contributed by atoms with Crippen LogP contribution in [0, 0.1) is 5.41 Å². The molecular weight excluding hydrogens is 346 g/mol. The van der Waals surface area contributed by atoms with E-state index in [9.17, 15) is 0 Å². The summed E-state index contributed by atoms with van der Waals surface area (Å²) in [5, 5.41) is 16.6. The average molecular weight is 368 g/mol. The number of rotatable bonds is 7. The van der Waals surface area contributed by atoms with E-state index in [4.69, 9.17) is 17.6 Å². The number of amidine groups is 1. The molecule has 0 spiro atoms. The largest absolute Gasteiger partial charge is 0.340 e. The van der Waals surface area contributed by atoms with Gasteiger partial charge in [-0.25, -0.2) is 0 Å². The van der Waals surface area contributed by atoms with E-state index in [1.165, 1.54) is 11.1 Å². The van der Waals surface area contributed by atoms with Crippen LogP contribution >= 0.6 is 23.6 Å². The maximum atomic E-state index is 8.06. The molecule has 5 heteroatoms. The average Bonchev–Trinajstić information content (AvgIpc) is 3.16. The lowest BCUT2D eigenvalue weighted by Gasteiger charge is -2.12. The van der Waals surface area contributed by atoms with E-state index in [2.05, 4.69) is 41.0 Å². The number of allylic oxidation sites excluding steroid dienone is 3. The van der Waals surface area contributed by atoms with Gasteiger partial charge in [0.25, 0.3) is 0 Å². The zero-order valence-electron chi connectivity index (χ0n) is 13.9. The second kappa shape index (κ2) is 8.85. The van der Waals surface area contributed by atoms with Crippen molar-refractivity contribution in [3.63, 3.8) is 0 Å². The third-order valence-electron chi connectivity index (χ3n) is 3.99. The Hall–Kier alpha value is -2.08. The fourth-order valence-corrected chi connectivity index (χ4v) is 3.44. The Labute approximate surface area is 158 Å². The van der Waals surface area contributed by atoms with Gasteiger partial charge in [-0.05, 0) is 47.7 Å². The first-order valence-electron chi connectivity index (χ1n) is 8.30. The van der Waals surface area contributed by atoms with Crippen molar-refractivity contribution in [2.75, 3.05) is 18.4 Å². The first kappa shape index (κ1) is 17.7. The van der Waals surface area contributed by atoms with Gasteiger partial charge in [0.1, 0.15) is 5.84 Å². The number of hydrogen-bond donors (Lipinski definition) is 3. The maximum absolute atomic E-state index is 8.06. The molecule has 3 nitrogen and oxygen atoms in total. The molecule has 0 bridgehead atoms. The van der Waals surface area contributed by atoms with Crippen molar-refractivity contribution in [2.24, 2.45) is 0 Å². The Balaban J connectivity index is 1.43. The lowest BCUT2D eigenvalue weighted by atomic mass is 10.0. The summed E-state index contributed by atoms with van der Waals surface area (Å²) in [5.74, 6) is 0.440. The fourth-order valence-electron chi connectivity index (χ4n) is 2.58. The first-order valence-corrected chi connectivity index (χ1v) is 9.59. The van der Waals surface area contributed by atoms with Gasteiger partial charge < -0.3 is 10.6 Å². The quantitative estimate of drug-likeness (QED) is 0.291. The molecule has 0 aliphatic heterocycles. The summed E-state index contributed by atoms with van der Waals surface area (Å²) in [6.45, 7) is 1.75. The molecule has 0 unspecified atom stereocenters. The molecule has 3 rings (SSSR count). The molecule has 0 amide bonds. The summed E-state index contributed by atoms with van der Waals surface area (Å²) >= 11 is 6.93. The van der Waals surface area contributed by atoms with E-state index in [-0.39, 0.29) is 0 Å². The van der Waals surface area contributed by atoms with E-state index >= 15 is 0 Å². The summed E-state index contributed by atoms with van der Waals surface area (Å²) in [6.07, 6.45) is 8.13. The Morgan fingerprint density at radius 1 is 1.20 bits per heavy atom. The standard InChI is InChI=1S/C20H21N3S2/c21-20(19-6-3-13-25-19)23-17-9-7-15(8-10-17)11-12-22-14-16-4-1-2-5-18(16)24/h1-4,6-10,13,22H,5,11-12,14H2,(H2,21,23). The molecule has 2 aromatic rings. The van der Waals surface area contributed by atoms with Gasteiger partial charge in [0.15, 0.2) is 0 Å². The summed E-state index contributed by atoms with van der Waals surface area (Å²) in [6, 6.07) is 12.2.